The van der Waals surface area contributed by atoms with Crippen molar-refractivity contribution in [3.8, 4) is 0 Å². The van der Waals surface area contributed by atoms with Gasteiger partial charge in [-0.25, -0.2) is 9.78 Å². The molecule has 1 atom stereocenters. The lowest BCUT2D eigenvalue weighted by atomic mass is 10.1. The number of ether oxygens (including phenoxy) is 1. The molecule has 2 aromatic rings. The number of nitrogens with two attached hydrogens (primary N) is 1. The van der Waals surface area contributed by atoms with Crippen molar-refractivity contribution in [3.63, 3.8) is 0 Å². The smallest absolute Gasteiger partial charge is 0.328 e. The topological polar surface area (TPSA) is 127 Å². The van der Waals surface area contributed by atoms with E-state index >= 15 is 0 Å². The van der Waals surface area contributed by atoms with Crippen molar-refractivity contribution in [1.82, 2.24) is 15.3 Å². The lowest BCUT2D eigenvalue weighted by molar-refractivity contribution is -0.145. The van der Waals surface area contributed by atoms with Crippen molar-refractivity contribution in [2.75, 3.05) is 13.7 Å². The third-order valence-corrected chi connectivity index (χ3v) is 4.25. The Morgan fingerprint density at radius 1 is 1.26 bits per heavy atom. The Morgan fingerprint density at radius 2 is 2.04 bits per heavy atom. The average Bonchev–Trinajstić information content (AvgIpc) is 2.67. The van der Waals surface area contributed by atoms with Crippen LogP contribution in [0, 0.1) is 0 Å². The van der Waals surface area contributed by atoms with Crippen molar-refractivity contribution < 1.29 is 14.3 Å². The summed E-state index contributed by atoms with van der Waals surface area (Å²) in [4.78, 5) is 43.1. The average molecular weight is 374 g/mol. The van der Waals surface area contributed by atoms with Gasteiger partial charge >= 0.3 is 5.97 Å². The number of H-pyrrole nitrogens is 1. The SMILES string of the molecule is COC(=O)[C@H](CCCCN)NC(=O)CCCc1nc2ccccc2c(=O)[nH]1. The summed E-state index contributed by atoms with van der Waals surface area (Å²) in [6, 6.07) is 6.45. The van der Waals surface area contributed by atoms with Gasteiger partial charge in [0.1, 0.15) is 11.9 Å². The van der Waals surface area contributed by atoms with Crippen LogP contribution in [-0.4, -0.2) is 41.5 Å². The van der Waals surface area contributed by atoms with E-state index in [0.29, 0.717) is 42.5 Å². The van der Waals surface area contributed by atoms with E-state index in [1.807, 2.05) is 6.07 Å². The molecule has 8 heteroatoms. The highest BCUT2D eigenvalue weighted by atomic mass is 16.5. The van der Waals surface area contributed by atoms with E-state index in [9.17, 15) is 14.4 Å². The van der Waals surface area contributed by atoms with Gasteiger partial charge in [-0.3, -0.25) is 9.59 Å². The molecule has 146 valence electrons. The van der Waals surface area contributed by atoms with Crippen molar-refractivity contribution in [3.05, 3.63) is 40.4 Å². The second kappa shape index (κ2) is 10.4. The number of esters is 1. The molecule has 0 saturated carbocycles. The standard InChI is InChI=1S/C19H26N4O4/c1-27-19(26)15(9-4-5-12-20)22-17(24)11-6-10-16-21-14-8-3-2-7-13(14)18(25)23-16/h2-3,7-8,15H,4-6,9-12,20H2,1H3,(H,22,24)(H,21,23,25)/t15-/m0/s1. The van der Waals surface area contributed by atoms with Crippen LogP contribution in [0.4, 0.5) is 0 Å². The van der Waals surface area contributed by atoms with Gasteiger partial charge in [0, 0.05) is 12.8 Å². The zero-order valence-corrected chi connectivity index (χ0v) is 15.5. The first-order chi connectivity index (χ1) is 13.0. The molecule has 0 aliphatic carbocycles. The number of aryl methyl sites for hydroxylation is 1. The molecule has 0 saturated heterocycles. The van der Waals surface area contributed by atoms with Crippen molar-refractivity contribution >= 4 is 22.8 Å². The number of rotatable bonds is 10. The third kappa shape index (κ3) is 6.18. The van der Waals surface area contributed by atoms with Gasteiger partial charge in [0.15, 0.2) is 0 Å². The summed E-state index contributed by atoms with van der Waals surface area (Å²) in [7, 11) is 1.30. The van der Waals surface area contributed by atoms with Crippen molar-refractivity contribution in [2.24, 2.45) is 5.73 Å². The zero-order valence-electron chi connectivity index (χ0n) is 15.5. The molecule has 0 spiro atoms. The summed E-state index contributed by atoms with van der Waals surface area (Å²) in [5.74, 6) is -0.152. The second-order valence-corrected chi connectivity index (χ2v) is 6.31. The fraction of sp³-hybridized carbons (Fsp3) is 0.474. The van der Waals surface area contributed by atoms with Gasteiger partial charge in [0.25, 0.3) is 5.56 Å². The summed E-state index contributed by atoms with van der Waals surface area (Å²) >= 11 is 0. The van der Waals surface area contributed by atoms with Crippen LogP contribution in [0.15, 0.2) is 29.1 Å². The first-order valence-electron chi connectivity index (χ1n) is 9.10. The van der Waals surface area contributed by atoms with Gasteiger partial charge in [0.05, 0.1) is 18.0 Å². The Labute approximate surface area is 157 Å². The fourth-order valence-electron chi connectivity index (χ4n) is 2.82. The number of carbonyl (C=O) groups is 2. The maximum Gasteiger partial charge on any atom is 0.328 e. The molecular weight excluding hydrogens is 348 g/mol. The summed E-state index contributed by atoms with van der Waals surface area (Å²) in [5.41, 5.74) is 5.90. The molecule has 0 aliphatic heterocycles. The number of aromatic amines is 1. The number of amides is 1. The van der Waals surface area contributed by atoms with E-state index in [4.69, 9.17) is 10.5 Å². The number of aromatic nitrogens is 2. The summed E-state index contributed by atoms with van der Waals surface area (Å²) in [6.07, 6.45) is 3.20. The van der Waals surface area contributed by atoms with Crippen LogP contribution in [0.25, 0.3) is 10.9 Å². The molecule has 0 unspecified atom stereocenters. The highest BCUT2D eigenvalue weighted by Crippen LogP contribution is 2.08. The molecule has 1 aromatic carbocycles. The molecule has 1 heterocycles. The number of unbranched alkanes of at least 4 members (excludes halogenated alkanes) is 1. The highest BCUT2D eigenvalue weighted by Gasteiger charge is 2.20. The first-order valence-corrected chi connectivity index (χ1v) is 9.10. The van der Waals surface area contributed by atoms with Crippen LogP contribution in [0.3, 0.4) is 0 Å². The highest BCUT2D eigenvalue weighted by molar-refractivity contribution is 5.84. The predicted molar refractivity (Wildman–Crippen MR) is 102 cm³/mol. The number of carbonyl (C=O) groups excluding carboxylic acids is 2. The summed E-state index contributed by atoms with van der Waals surface area (Å²) in [6.45, 7) is 0.540. The van der Waals surface area contributed by atoms with Crippen LogP contribution in [0.1, 0.15) is 37.9 Å². The normalized spacial score (nSPS) is 11.9. The molecule has 2 rings (SSSR count). The Morgan fingerprint density at radius 3 is 2.78 bits per heavy atom. The van der Waals surface area contributed by atoms with Crippen molar-refractivity contribution in [2.45, 2.75) is 44.6 Å². The van der Waals surface area contributed by atoms with Gasteiger partial charge < -0.3 is 20.8 Å². The molecule has 0 aliphatic rings. The van der Waals surface area contributed by atoms with Gasteiger partial charge in [0.2, 0.25) is 5.91 Å². The van der Waals surface area contributed by atoms with Crippen molar-refractivity contribution in [1.29, 1.82) is 0 Å². The van der Waals surface area contributed by atoms with Gasteiger partial charge in [-0.2, -0.15) is 0 Å². The number of fused-ring (bicyclic) bond motifs is 1. The largest absolute Gasteiger partial charge is 0.467 e. The monoisotopic (exact) mass is 374 g/mol. The van der Waals surface area contributed by atoms with E-state index in [2.05, 4.69) is 15.3 Å². The quantitative estimate of drug-likeness (QED) is 0.421. The second-order valence-electron chi connectivity index (χ2n) is 6.31. The maximum atomic E-state index is 12.1. The molecule has 27 heavy (non-hydrogen) atoms. The number of nitrogens with one attached hydrogen (secondary N) is 2. The lowest BCUT2D eigenvalue weighted by Gasteiger charge is -2.16. The molecule has 8 nitrogen and oxygen atoms in total. The molecule has 4 N–H and O–H groups in total. The Bertz CT molecular complexity index is 834. The zero-order chi connectivity index (χ0) is 19.6. The number of benzene rings is 1. The van der Waals surface area contributed by atoms with E-state index in [1.54, 1.807) is 18.2 Å². The minimum absolute atomic E-state index is 0.189. The predicted octanol–water partition coefficient (Wildman–Crippen LogP) is 1.03. The molecule has 1 aromatic heterocycles. The maximum absolute atomic E-state index is 12.1. The third-order valence-electron chi connectivity index (χ3n) is 4.25. The Hall–Kier alpha value is -2.74. The number of para-hydroxylation sites is 1. The van der Waals surface area contributed by atoms with Gasteiger partial charge in [-0.1, -0.05) is 12.1 Å². The Kier molecular flexibility index (Phi) is 7.94. The van der Waals surface area contributed by atoms with Crippen LogP contribution in [0.5, 0.6) is 0 Å². The minimum atomic E-state index is -0.660. The summed E-state index contributed by atoms with van der Waals surface area (Å²) in [5, 5.41) is 3.25. The van der Waals surface area contributed by atoms with E-state index < -0.39 is 12.0 Å². The molecule has 0 radical (unpaired) electrons. The van der Waals surface area contributed by atoms with Gasteiger partial charge in [-0.05, 0) is 44.4 Å². The molecule has 1 amide bonds. The molecule has 0 bridgehead atoms. The number of nitrogens with zero attached hydrogens (tertiary/aromatic N) is 1. The number of hydrogen-bond acceptors (Lipinski definition) is 6. The number of hydrogen-bond donors (Lipinski definition) is 3. The Balaban J connectivity index is 1.87. The van der Waals surface area contributed by atoms with Crippen LogP contribution in [0.2, 0.25) is 0 Å². The summed E-state index contributed by atoms with van der Waals surface area (Å²) < 4.78 is 4.74. The van der Waals surface area contributed by atoms with Crippen LogP contribution in [-0.2, 0) is 20.7 Å². The van der Waals surface area contributed by atoms with Crippen LogP contribution >= 0.6 is 0 Å². The van der Waals surface area contributed by atoms with E-state index in [0.717, 1.165) is 12.8 Å². The van der Waals surface area contributed by atoms with Crippen LogP contribution < -0.4 is 16.6 Å². The first kappa shape index (κ1) is 20.6. The lowest BCUT2D eigenvalue weighted by Crippen LogP contribution is -2.41. The van der Waals surface area contributed by atoms with E-state index in [1.165, 1.54) is 7.11 Å². The number of methoxy groups -OCH3 is 1. The molecule has 0 fully saturated rings. The minimum Gasteiger partial charge on any atom is -0.467 e. The fourth-order valence-corrected chi connectivity index (χ4v) is 2.82. The van der Waals surface area contributed by atoms with Gasteiger partial charge in [-0.15, -0.1) is 0 Å². The molecular formula is C19H26N4O4. The van der Waals surface area contributed by atoms with E-state index in [-0.39, 0.29) is 17.9 Å².